The summed E-state index contributed by atoms with van der Waals surface area (Å²) in [6.45, 7) is 0. The van der Waals surface area contributed by atoms with Crippen molar-refractivity contribution >= 4 is 23.4 Å². The van der Waals surface area contributed by atoms with Crippen LogP contribution in [0.1, 0.15) is 6.42 Å². The number of carbonyl (C=O) groups is 1. The summed E-state index contributed by atoms with van der Waals surface area (Å²) < 4.78 is 0. The maximum Gasteiger partial charge on any atom is 0.257 e. The molecule has 1 aromatic carbocycles. The maximum absolute atomic E-state index is 12.1. The van der Waals surface area contributed by atoms with Gasteiger partial charge in [-0.1, -0.05) is 12.1 Å². The number of H-pyrrole nitrogens is 1. The third kappa shape index (κ3) is 2.57. The van der Waals surface area contributed by atoms with E-state index in [1.54, 1.807) is 30.2 Å². The van der Waals surface area contributed by atoms with E-state index in [9.17, 15) is 9.90 Å². The van der Waals surface area contributed by atoms with Crippen LogP contribution in [0.3, 0.4) is 0 Å². The molecule has 104 valence electrons. The lowest BCUT2D eigenvalue weighted by Crippen LogP contribution is -2.42. The predicted octanol–water partition coefficient (Wildman–Crippen LogP) is 1.88. The van der Waals surface area contributed by atoms with E-state index >= 15 is 0 Å². The van der Waals surface area contributed by atoms with Crippen molar-refractivity contribution in [3.05, 3.63) is 36.7 Å². The minimum absolute atomic E-state index is 0.334. The van der Waals surface area contributed by atoms with Gasteiger partial charge in [0.2, 0.25) is 0 Å². The summed E-state index contributed by atoms with van der Waals surface area (Å²) in [7, 11) is 0. The zero-order valence-electron chi connectivity index (χ0n) is 10.8. The Labute approximate surface area is 120 Å². The van der Waals surface area contributed by atoms with E-state index in [1.807, 2.05) is 18.2 Å². The molecule has 2 aromatic rings. The van der Waals surface area contributed by atoms with Crippen LogP contribution in [0.15, 0.2) is 36.7 Å². The first-order chi connectivity index (χ1) is 9.67. The summed E-state index contributed by atoms with van der Waals surface area (Å²) >= 11 is 1.60. The minimum Gasteiger partial charge on any atom is -0.379 e. The van der Waals surface area contributed by atoms with Crippen LogP contribution in [-0.4, -0.2) is 38.1 Å². The van der Waals surface area contributed by atoms with Gasteiger partial charge in [-0.2, -0.15) is 11.8 Å². The van der Waals surface area contributed by atoms with Gasteiger partial charge < -0.3 is 15.4 Å². The fourth-order valence-electron chi connectivity index (χ4n) is 2.15. The van der Waals surface area contributed by atoms with Gasteiger partial charge in [0.25, 0.3) is 5.91 Å². The van der Waals surface area contributed by atoms with Gasteiger partial charge in [-0.15, -0.1) is 0 Å². The van der Waals surface area contributed by atoms with E-state index in [-0.39, 0.29) is 5.91 Å². The SMILES string of the molecule is O=C(Nc1cccc(-c2ncc[nH]2)c1)C1(O)CCSC1. The fraction of sp³-hybridized carbons (Fsp3) is 0.286. The number of aromatic amines is 1. The van der Waals surface area contributed by atoms with Crippen molar-refractivity contribution < 1.29 is 9.90 Å². The van der Waals surface area contributed by atoms with Gasteiger partial charge in [0.15, 0.2) is 5.60 Å². The van der Waals surface area contributed by atoms with Gasteiger partial charge in [0.1, 0.15) is 5.82 Å². The normalized spacial score (nSPS) is 21.9. The molecule has 1 saturated heterocycles. The number of imidazole rings is 1. The van der Waals surface area contributed by atoms with Crippen LogP contribution in [-0.2, 0) is 4.79 Å². The van der Waals surface area contributed by atoms with Crippen LogP contribution < -0.4 is 5.32 Å². The van der Waals surface area contributed by atoms with E-state index in [0.717, 1.165) is 17.1 Å². The average molecular weight is 289 g/mol. The number of aliphatic hydroxyl groups is 1. The van der Waals surface area contributed by atoms with Gasteiger partial charge in [-0.3, -0.25) is 4.79 Å². The number of carbonyl (C=O) groups excluding carboxylic acids is 1. The highest BCUT2D eigenvalue weighted by Crippen LogP contribution is 2.29. The number of nitrogens with one attached hydrogen (secondary N) is 2. The zero-order valence-corrected chi connectivity index (χ0v) is 11.6. The Hall–Kier alpha value is -1.79. The molecule has 0 radical (unpaired) electrons. The van der Waals surface area contributed by atoms with Crippen LogP contribution in [0, 0.1) is 0 Å². The summed E-state index contributed by atoms with van der Waals surface area (Å²) in [6, 6.07) is 7.40. The lowest BCUT2D eigenvalue weighted by Gasteiger charge is -2.20. The number of hydrogen-bond acceptors (Lipinski definition) is 4. The highest BCUT2D eigenvalue weighted by Gasteiger charge is 2.39. The van der Waals surface area contributed by atoms with Gasteiger partial charge >= 0.3 is 0 Å². The highest BCUT2D eigenvalue weighted by molar-refractivity contribution is 7.99. The van der Waals surface area contributed by atoms with Crippen molar-refractivity contribution in [3.8, 4) is 11.4 Å². The van der Waals surface area contributed by atoms with Crippen LogP contribution in [0.25, 0.3) is 11.4 Å². The molecule has 1 amide bonds. The summed E-state index contributed by atoms with van der Waals surface area (Å²) in [4.78, 5) is 19.3. The molecule has 6 heteroatoms. The van der Waals surface area contributed by atoms with E-state index in [4.69, 9.17) is 0 Å². The molecule has 5 nitrogen and oxygen atoms in total. The summed E-state index contributed by atoms with van der Waals surface area (Å²) in [5.74, 6) is 1.68. The van der Waals surface area contributed by atoms with Gasteiger partial charge in [0.05, 0.1) is 0 Å². The van der Waals surface area contributed by atoms with Crippen molar-refractivity contribution in [3.63, 3.8) is 0 Å². The van der Waals surface area contributed by atoms with Crippen LogP contribution in [0.2, 0.25) is 0 Å². The van der Waals surface area contributed by atoms with Gasteiger partial charge in [0, 0.05) is 29.4 Å². The van der Waals surface area contributed by atoms with Gasteiger partial charge in [-0.25, -0.2) is 4.98 Å². The first-order valence-corrected chi connectivity index (χ1v) is 7.54. The number of hydrogen-bond donors (Lipinski definition) is 3. The lowest BCUT2D eigenvalue weighted by molar-refractivity contribution is -0.131. The summed E-state index contributed by atoms with van der Waals surface area (Å²) in [5.41, 5.74) is 0.306. The molecule has 0 spiro atoms. The number of benzene rings is 1. The van der Waals surface area contributed by atoms with E-state index < -0.39 is 5.60 Å². The molecule has 3 N–H and O–H groups in total. The third-order valence-electron chi connectivity index (χ3n) is 3.32. The molecule has 1 aromatic heterocycles. The van der Waals surface area contributed by atoms with Crippen LogP contribution in [0.5, 0.6) is 0 Å². The second kappa shape index (κ2) is 5.30. The second-order valence-electron chi connectivity index (χ2n) is 4.81. The Morgan fingerprint density at radius 1 is 1.50 bits per heavy atom. The standard InChI is InChI=1S/C14H15N3O2S/c18-13(14(19)4-7-20-9-14)17-11-3-1-2-10(8-11)12-15-5-6-16-12/h1-3,5-6,8,19H,4,7,9H2,(H,15,16)(H,17,18). The molecule has 0 aliphatic carbocycles. The van der Waals surface area contributed by atoms with Crippen LogP contribution >= 0.6 is 11.8 Å². The fourth-order valence-corrected chi connectivity index (χ4v) is 3.39. The molecule has 1 aliphatic heterocycles. The Balaban J connectivity index is 1.78. The number of anilines is 1. The maximum atomic E-state index is 12.1. The Morgan fingerprint density at radius 3 is 3.10 bits per heavy atom. The zero-order chi connectivity index (χ0) is 14.0. The molecule has 0 bridgehead atoms. The first kappa shape index (κ1) is 13.2. The van der Waals surface area contributed by atoms with Crippen molar-refractivity contribution in [1.82, 2.24) is 9.97 Å². The quantitative estimate of drug-likeness (QED) is 0.806. The number of nitrogens with zero attached hydrogens (tertiary/aromatic N) is 1. The molecule has 2 heterocycles. The van der Waals surface area contributed by atoms with Crippen molar-refractivity contribution in [2.45, 2.75) is 12.0 Å². The number of thioether (sulfide) groups is 1. The molecule has 1 aliphatic rings. The Kier molecular flexibility index (Phi) is 3.50. The summed E-state index contributed by atoms with van der Waals surface area (Å²) in [6.07, 6.45) is 3.93. The molecular weight excluding hydrogens is 274 g/mol. The monoisotopic (exact) mass is 289 g/mol. The Bertz CT molecular complexity index is 607. The highest BCUT2D eigenvalue weighted by atomic mass is 32.2. The Morgan fingerprint density at radius 2 is 2.40 bits per heavy atom. The van der Waals surface area contributed by atoms with Crippen molar-refractivity contribution in [2.75, 3.05) is 16.8 Å². The number of aromatic nitrogens is 2. The van der Waals surface area contributed by atoms with E-state index in [1.165, 1.54) is 0 Å². The third-order valence-corrected chi connectivity index (χ3v) is 4.49. The molecule has 1 fully saturated rings. The predicted molar refractivity (Wildman–Crippen MR) is 79.5 cm³/mol. The van der Waals surface area contributed by atoms with Crippen LogP contribution in [0.4, 0.5) is 5.69 Å². The largest absolute Gasteiger partial charge is 0.379 e. The summed E-state index contributed by atoms with van der Waals surface area (Å²) in [5, 5.41) is 13.0. The average Bonchev–Trinajstić information content (AvgIpc) is 3.11. The van der Waals surface area contributed by atoms with Gasteiger partial charge in [-0.05, 0) is 24.3 Å². The minimum atomic E-state index is -1.24. The van der Waals surface area contributed by atoms with Crippen molar-refractivity contribution in [2.24, 2.45) is 0 Å². The molecular formula is C14H15N3O2S. The molecule has 20 heavy (non-hydrogen) atoms. The molecule has 1 atom stereocenters. The van der Waals surface area contributed by atoms with E-state index in [2.05, 4.69) is 15.3 Å². The second-order valence-corrected chi connectivity index (χ2v) is 5.91. The molecule has 1 unspecified atom stereocenters. The lowest BCUT2D eigenvalue weighted by atomic mass is 10.0. The first-order valence-electron chi connectivity index (χ1n) is 6.39. The number of amides is 1. The smallest absolute Gasteiger partial charge is 0.257 e. The van der Waals surface area contributed by atoms with E-state index in [0.29, 0.717) is 17.9 Å². The molecule has 3 rings (SSSR count). The number of rotatable bonds is 3. The van der Waals surface area contributed by atoms with Crippen molar-refractivity contribution in [1.29, 1.82) is 0 Å². The molecule has 0 saturated carbocycles. The topological polar surface area (TPSA) is 78.0 Å².